The summed E-state index contributed by atoms with van der Waals surface area (Å²) >= 11 is 6.15. The molecule has 0 atom stereocenters. The quantitative estimate of drug-likeness (QED) is 0.198. The number of nitro benzene ring substituents is 1. The van der Waals surface area contributed by atoms with E-state index < -0.39 is 4.92 Å². The van der Waals surface area contributed by atoms with Crippen molar-refractivity contribution < 1.29 is 9.72 Å². The molecule has 0 amide bonds. The van der Waals surface area contributed by atoms with E-state index in [4.69, 9.17) is 11.6 Å². The van der Waals surface area contributed by atoms with E-state index in [2.05, 4.69) is 10.3 Å². The number of carbonyl (C=O) groups is 1. The van der Waals surface area contributed by atoms with Crippen molar-refractivity contribution in [1.29, 1.82) is 0 Å². The van der Waals surface area contributed by atoms with Gasteiger partial charge < -0.3 is 5.32 Å². The van der Waals surface area contributed by atoms with Crippen LogP contribution in [0.3, 0.4) is 0 Å². The van der Waals surface area contributed by atoms with Gasteiger partial charge in [0.2, 0.25) is 0 Å². The van der Waals surface area contributed by atoms with Gasteiger partial charge in [-0.1, -0.05) is 41.9 Å². The highest BCUT2D eigenvalue weighted by Crippen LogP contribution is 2.30. The Hall–Kier alpha value is -3.77. The molecular formula is C22H14ClN3O3. The largest absolute Gasteiger partial charge is 0.355 e. The summed E-state index contributed by atoms with van der Waals surface area (Å²) in [7, 11) is 0. The number of nitro groups is 1. The fraction of sp³-hybridized carbons (Fsp3) is 0. The van der Waals surface area contributed by atoms with Crippen LogP contribution in [0, 0.1) is 10.1 Å². The Morgan fingerprint density at radius 2 is 1.66 bits per heavy atom. The third-order valence-corrected chi connectivity index (χ3v) is 4.63. The fourth-order valence-electron chi connectivity index (χ4n) is 3.02. The number of non-ortho nitro benzene ring substituents is 1. The average Bonchev–Trinajstić information content (AvgIpc) is 2.74. The number of nitrogens with zero attached hydrogens (tertiary/aromatic N) is 2. The third-order valence-electron chi connectivity index (χ3n) is 4.43. The molecule has 0 fully saturated rings. The van der Waals surface area contributed by atoms with Gasteiger partial charge in [-0.3, -0.25) is 14.9 Å². The number of anilines is 2. The molecule has 0 aliphatic heterocycles. The predicted octanol–water partition coefficient (Wildman–Crippen LogP) is 5.77. The highest BCUT2D eigenvalue weighted by molar-refractivity contribution is 6.30. The standard InChI is InChI=1S/C22H14ClN3O3/c23-21-13-20(24-16-7-9-17(10-8-16)26(28)29)18-12-15(6-11-19(18)25-21)22(27)14-4-2-1-3-5-14/h1-13H,(H,24,25). The van der Waals surface area contributed by atoms with Crippen LogP contribution in [0.2, 0.25) is 5.15 Å². The van der Waals surface area contributed by atoms with E-state index >= 15 is 0 Å². The Balaban J connectivity index is 1.74. The second-order valence-electron chi connectivity index (χ2n) is 6.35. The van der Waals surface area contributed by atoms with Crippen LogP contribution in [-0.2, 0) is 0 Å². The summed E-state index contributed by atoms with van der Waals surface area (Å²) in [4.78, 5) is 27.5. The molecule has 0 spiro atoms. The SMILES string of the molecule is O=C(c1ccccc1)c1ccc2nc(Cl)cc(Nc3ccc([N+](=O)[O-])cc3)c2c1. The molecule has 0 aliphatic rings. The zero-order valence-corrected chi connectivity index (χ0v) is 15.8. The van der Waals surface area contributed by atoms with Crippen LogP contribution in [0.25, 0.3) is 10.9 Å². The molecular weight excluding hydrogens is 390 g/mol. The highest BCUT2D eigenvalue weighted by atomic mass is 35.5. The maximum absolute atomic E-state index is 12.8. The minimum atomic E-state index is -0.454. The molecule has 0 saturated carbocycles. The van der Waals surface area contributed by atoms with Gasteiger partial charge >= 0.3 is 0 Å². The predicted molar refractivity (Wildman–Crippen MR) is 113 cm³/mol. The lowest BCUT2D eigenvalue weighted by Crippen LogP contribution is -2.02. The number of ketones is 1. The summed E-state index contributed by atoms with van der Waals surface area (Å²) in [6.07, 6.45) is 0. The molecule has 1 heterocycles. The summed E-state index contributed by atoms with van der Waals surface area (Å²) in [6, 6.07) is 22.0. The van der Waals surface area contributed by atoms with Crippen LogP contribution in [-0.4, -0.2) is 15.7 Å². The van der Waals surface area contributed by atoms with E-state index in [0.717, 1.165) is 5.39 Å². The van der Waals surface area contributed by atoms with Gasteiger partial charge in [-0.05, 0) is 36.4 Å². The van der Waals surface area contributed by atoms with Crippen LogP contribution >= 0.6 is 11.6 Å². The minimum Gasteiger partial charge on any atom is -0.355 e. The molecule has 6 nitrogen and oxygen atoms in total. The van der Waals surface area contributed by atoms with E-state index in [-0.39, 0.29) is 11.5 Å². The number of rotatable bonds is 5. The summed E-state index contributed by atoms with van der Waals surface area (Å²) in [5.41, 5.74) is 3.06. The molecule has 7 heteroatoms. The zero-order valence-electron chi connectivity index (χ0n) is 15.0. The normalized spacial score (nSPS) is 10.7. The molecule has 1 N–H and O–H groups in total. The highest BCUT2D eigenvalue weighted by Gasteiger charge is 2.13. The van der Waals surface area contributed by atoms with Gasteiger partial charge in [-0.15, -0.1) is 0 Å². The van der Waals surface area contributed by atoms with E-state index in [1.54, 1.807) is 48.5 Å². The first kappa shape index (κ1) is 18.6. The van der Waals surface area contributed by atoms with Crippen molar-refractivity contribution in [3.8, 4) is 0 Å². The number of nitrogens with one attached hydrogen (secondary N) is 1. The van der Waals surface area contributed by atoms with Crippen LogP contribution in [0.5, 0.6) is 0 Å². The van der Waals surface area contributed by atoms with Crippen molar-refractivity contribution in [3.05, 3.63) is 105 Å². The number of benzene rings is 3. The first-order chi connectivity index (χ1) is 14.0. The van der Waals surface area contributed by atoms with Gasteiger partial charge in [0, 0.05) is 34.3 Å². The number of hydrogen-bond donors (Lipinski definition) is 1. The summed E-state index contributed by atoms with van der Waals surface area (Å²) in [6.45, 7) is 0. The molecule has 0 aliphatic carbocycles. The molecule has 0 radical (unpaired) electrons. The molecule has 0 saturated heterocycles. The number of hydrogen-bond acceptors (Lipinski definition) is 5. The van der Waals surface area contributed by atoms with Gasteiger partial charge in [0.1, 0.15) is 5.15 Å². The van der Waals surface area contributed by atoms with Gasteiger partial charge in [-0.2, -0.15) is 0 Å². The minimum absolute atomic E-state index is 0.00362. The Morgan fingerprint density at radius 1 is 0.931 bits per heavy atom. The van der Waals surface area contributed by atoms with Crippen LogP contribution in [0.1, 0.15) is 15.9 Å². The lowest BCUT2D eigenvalue weighted by atomic mass is 10.0. The maximum atomic E-state index is 12.8. The van der Waals surface area contributed by atoms with E-state index in [9.17, 15) is 14.9 Å². The Kier molecular flexibility index (Phi) is 4.93. The Morgan fingerprint density at radius 3 is 2.34 bits per heavy atom. The lowest BCUT2D eigenvalue weighted by molar-refractivity contribution is -0.384. The van der Waals surface area contributed by atoms with Crippen LogP contribution in [0.15, 0.2) is 78.9 Å². The second kappa shape index (κ2) is 7.69. The van der Waals surface area contributed by atoms with Crippen molar-refractivity contribution in [2.24, 2.45) is 0 Å². The van der Waals surface area contributed by atoms with Gasteiger partial charge in [0.15, 0.2) is 5.78 Å². The zero-order chi connectivity index (χ0) is 20.4. The molecule has 0 bridgehead atoms. The molecule has 0 unspecified atom stereocenters. The summed E-state index contributed by atoms with van der Waals surface area (Å²) in [5, 5.41) is 15.0. The number of halogens is 1. The van der Waals surface area contributed by atoms with Crippen LogP contribution < -0.4 is 5.32 Å². The van der Waals surface area contributed by atoms with E-state index in [0.29, 0.717) is 33.2 Å². The van der Waals surface area contributed by atoms with Crippen molar-refractivity contribution in [3.63, 3.8) is 0 Å². The number of aromatic nitrogens is 1. The fourth-order valence-corrected chi connectivity index (χ4v) is 3.22. The monoisotopic (exact) mass is 403 g/mol. The Bertz CT molecular complexity index is 1230. The van der Waals surface area contributed by atoms with Crippen LogP contribution in [0.4, 0.5) is 17.1 Å². The first-order valence-electron chi connectivity index (χ1n) is 8.73. The van der Waals surface area contributed by atoms with Gasteiger partial charge in [0.05, 0.1) is 16.1 Å². The van der Waals surface area contributed by atoms with Crippen molar-refractivity contribution in [2.45, 2.75) is 0 Å². The number of fused-ring (bicyclic) bond motifs is 1. The van der Waals surface area contributed by atoms with E-state index in [1.807, 2.05) is 18.2 Å². The number of pyridine rings is 1. The molecule has 142 valence electrons. The second-order valence-corrected chi connectivity index (χ2v) is 6.74. The topological polar surface area (TPSA) is 85.1 Å². The Labute approximate surface area is 170 Å². The lowest BCUT2D eigenvalue weighted by Gasteiger charge is -2.11. The molecule has 1 aromatic heterocycles. The van der Waals surface area contributed by atoms with Crippen molar-refractivity contribution in [2.75, 3.05) is 5.32 Å². The smallest absolute Gasteiger partial charge is 0.269 e. The first-order valence-corrected chi connectivity index (χ1v) is 9.10. The number of carbonyl (C=O) groups excluding carboxylic acids is 1. The molecule has 4 rings (SSSR count). The van der Waals surface area contributed by atoms with Crippen molar-refractivity contribution >= 4 is 45.3 Å². The van der Waals surface area contributed by atoms with Crippen molar-refractivity contribution in [1.82, 2.24) is 4.98 Å². The van der Waals surface area contributed by atoms with E-state index in [1.165, 1.54) is 12.1 Å². The summed E-state index contributed by atoms with van der Waals surface area (Å²) in [5.74, 6) is -0.0938. The third kappa shape index (κ3) is 3.93. The molecule has 3 aromatic carbocycles. The maximum Gasteiger partial charge on any atom is 0.269 e. The average molecular weight is 404 g/mol. The van der Waals surface area contributed by atoms with Gasteiger partial charge in [-0.25, -0.2) is 4.98 Å². The molecule has 4 aromatic rings. The summed E-state index contributed by atoms with van der Waals surface area (Å²) < 4.78 is 0. The van der Waals surface area contributed by atoms with Gasteiger partial charge in [0.25, 0.3) is 5.69 Å². The molecule has 29 heavy (non-hydrogen) atoms.